The highest BCUT2D eigenvalue weighted by Gasteiger charge is 2.23. The summed E-state index contributed by atoms with van der Waals surface area (Å²) in [4.78, 5) is 13.6. The zero-order chi connectivity index (χ0) is 12.3. The van der Waals surface area contributed by atoms with Gasteiger partial charge in [-0.15, -0.1) is 0 Å². The molecule has 1 heterocycles. The third-order valence-electron chi connectivity index (χ3n) is 2.84. The molecule has 0 atom stereocenters. The summed E-state index contributed by atoms with van der Waals surface area (Å²) in [6, 6.07) is 5.98. The second kappa shape index (κ2) is 5.03. The van der Waals surface area contributed by atoms with E-state index in [-0.39, 0.29) is 5.91 Å². The van der Waals surface area contributed by atoms with E-state index in [0.717, 1.165) is 29.8 Å². The number of carbonyl (C=O) groups excluding carboxylic acids is 1. The SMILES string of the molecule is Cc1ccc(N2CCCC2=O)c(C#CCN)c1. The van der Waals surface area contributed by atoms with Gasteiger partial charge in [-0.3, -0.25) is 4.79 Å². The molecule has 0 bridgehead atoms. The summed E-state index contributed by atoms with van der Waals surface area (Å²) in [6.07, 6.45) is 1.56. The molecular formula is C14H16N2O. The highest BCUT2D eigenvalue weighted by Crippen LogP contribution is 2.25. The summed E-state index contributed by atoms with van der Waals surface area (Å²) >= 11 is 0. The molecule has 1 aliphatic rings. The van der Waals surface area contributed by atoms with E-state index >= 15 is 0 Å². The molecule has 3 nitrogen and oxygen atoms in total. The molecule has 1 amide bonds. The zero-order valence-corrected chi connectivity index (χ0v) is 9.99. The van der Waals surface area contributed by atoms with Crippen LogP contribution >= 0.6 is 0 Å². The number of aryl methyl sites for hydroxylation is 1. The van der Waals surface area contributed by atoms with Gasteiger partial charge < -0.3 is 10.6 Å². The van der Waals surface area contributed by atoms with Crippen LogP contribution < -0.4 is 10.6 Å². The minimum atomic E-state index is 0.185. The van der Waals surface area contributed by atoms with E-state index in [1.807, 2.05) is 30.0 Å². The molecule has 0 radical (unpaired) electrons. The van der Waals surface area contributed by atoms with Crippen LogP contribution in [0.25, 0.3) is 0 Å². The van der Waals surface area contributed by atoms with E-state index in [1.165, 1.54) is 0 Å². The van der Waals surface area contributed by atoms with E-state index in [4.69, 9.17) is 5.73 Å². The van der Waals surface area contributed by atoms with Gasteiger partial charge in [-0.05, 0) is 31.0 Å². The molecule has 0 saturated carbocycles. The fraction of sp³-hybridized carbons (Fsp3) is 0.357. The topological polar surface area (TPSA) is 46.3 Å². The second-order valence-corrected chi connectivity index (χ2v) is 4.18. The summed E-state index contributed by atoms with van der Waals surface area (Å²) < 4.78 is 0. The Morgan fingerprint density at radius 1 is 1.47 bits per heavy atom. The van der Waals surface area contributed by atoms with Gasteiger partial charge in [0, 0.05) is 18.5 Å². The number of anilines is 1. The molecule has 88 valence electrons. The fourth-order valence-corrected chi connectivity index (χ4v) is 2.03. The van der Waals surface area contributed by atoms with Crippen molar-refractivity contribution in [2.24, 2.45) is 5.73 Å². The molecular weight excluding hydrogens is 212 g/mol. The van der Waals surface area contributed by atoms with Crippen LogP contribution in [0.3, 0.4) is 0 Å². The fourth-order valence-electron chi connectivity index (χ4n) is 2.03. The van der Waals surface area contributed by atoms with Crippen molar-refractivity contribution in [2.45, 2.75) is 19.8 Å². The van der Waals surface area contributed by atoms with Crippen LogP contribution in [-0.2, 0) is 4.79 Å². The maximum atomic E-state index is 11.7. The second-order valence-electron chi connectivity index (χ2n) is 4.18. The van der Waals surface area contributed by atoms with Gasteiger partial charge in [-0.2, -0.15) is 0 Å². The van der Waals surface area contributed by atoms with Crippen LogP contribution in [-0.4, -0.2) is 19.0 Å². The van der Waals surface area contributed by atoms with Gasteiger partial charge in [0.1, 0.15) is 0 Å². The average Bonchev–Trinajstić information content (AvgIpc) is 2.73. The highest BCUT2D eigenvalue weighted by atomic mass is 16.2. The number of benzene rings is 1. The zero-order valence-electron chi connectivity index (χ0n) is 9.99. The Hall–Kier alpha value is -1.79. The first-order valence-electron chi connectivity index (χ1n) is 5.82. The number of carbonyl (C=O) groups is 1. The van der Waals surface area contributed by atoms with Gasteiger partial charge in [-0.25, -0.2) is 0 Å². The molecule has 1 saturated heterocycles. The van der Waals surface area contributed by atoms with Gasteiger partial charge in [0.25, 0.3) is 0 Å². The molecule has 1 fully saturated rings. The van der Waals surface area contributed by atoms with E-state index in [9.17, 15) is 4.79 Å². The van der Waals surface area contributed by atoms with Crippen LogP contribution in [0.1, 0.15) is 24.0 Å². The summed E-state index contributed by atoms with van der Waals surface area (Å²) in [5.74, 6) is 6.08. The maximum absolute atomic E-state index is 11.7. The monoisotopic (exact) mass is 228 g/mol. The van der Waals surface area contributed by atoms with Crippen molar-refractivity contribution < 1.29 is 4.79 Å². The Bertz CT molecular complexity index is 497. The van der Waals surface area contributed by atoms with Crippen molar-refractivity contribution in [2.75, 3.05) is 18.0 Å². The largest absolute Gasteiger partial charge is 0.320 e. The molecule has 1 aliphatic heterocycles. The number of nitrogens with two attached hydrogens (primary N) is 1. The van der Waals surface area contributed by atoms with Gasteiger partial charge in [0.2, 0.25) is 5.91 Å². The van der Waals surface area contributed by atoms with E-state index in [2.05, 4.69) is 11.8 Å². The van der Waals surface area contributed by atoms with Crippen LogP contribution in [0.15, 0.2) is 18.2 Å². The summed E-state index contributed by atoms with van der Waals surface area (Å²) in [7, 11) is 0. The van der Waals surface area contributed by atoms with Crippen LogP contribution in [0.4, 0.5) is 5.69 Å². The molecule has 1 aromatic rings. The molecule has 2 rings (SSSR count). The molecule has 0 unspecified atom stereocenters. The molecule has 3 heteroatoms. The van der Waals surface area contributed by atoms with Crippen molar-refractivity contribution in [1.82, 2.24) is 0 Å². The predicted molar refractivity (Wildman–Crippen MR) is 68.7 cm³/mol. The third-order valence-corrected chi connectivity index (χ3v) is 2.84. The first-order valence-corrected chi connectivity index (χ1v) is 5.82. The smallest absolute Gasteiger partial charge is 0.227 e. The number of hydrogen-bond acceptors (Lipinski definition) is 2. The number of amides is 1. The number of hydrogen-bond donors (Lipinski definition) is 1. The maximum Gasteiger partial charge on any atom is 0.227 e. The summed E-state index contributed by atoms with van der Waals surface area (Å²) in [5, 5.41) is 0. The van der Waals surface area contributed by atoms with Crippen molar-refractivity contribution in [3.63, 3.8) is 0 Å². The van der Waals surface area contributed by atoms with Gasteiger partial charge >= 0.3 is 0 Å². The molecule has 0 aliphatic carbocycles. The Morgan fingerprint density at radius 2 is 2.29 bits per heavy atom. The Morgan fingerprint density at radius 3 is 2.94 bits per heavy atom. The van der Waals surface area contributed by atoms with Crippen molar-refractivity contribution >= 4 is 11.6 Å². The lowest BCUT2D eigenvalue weighted by Gasteiger charge is -2.17. The lowest BCUT2D eigenvalue weighted by molar-refractivity contribution is -0.117. The first kappa shape index (κ1) is 11.7. The molecule has 0 spiro atoms. The predicted octanol–water partition coefficient (Wildman–Crippen LogP) is 1.43. The molecule has 17 heavy (non-hydrogen) atoms. The van der Waals surface area contributed by atoms with Crippen molar-refractivity contribution in [3.05, 3.63) is 29.3 Å². The van der Waals surface area contributed by atoms with Gasteiger partial charge in [-0.1, -0.05) is 17.9 Å². The Balaban J connectivity index is 2.41. The molecule has 2 N–H and O–H groups in total. The minimum absolute atomic E-state index is 0.185. The third kappa shape index (κ3) is 2.48. The van der Waals surface area contributed by atoms with Crippen molar-refractivity contribution in [3.8, 4) is 11.8 Å². The van der Waals surface area contributed by atoms with Crippen LogP contribution in [0.5, 0.6) is 0 Å². The van der Waals surface area contributed by atoms with Gasteiger partial charge in [0.05, 0.1) is 12.2 Å². The average molecular weight is 228 g/mol. The quantitative estimate of drug-likeness (QED) is 0.739. The van der Waals surface area contributed by atoms with Crippen molar-refractivity contribution in [1.29, 1.82) is 0 Å². The normalized spacial score (nSPS) is 14.7. The van der Waals surface area contributed by atoms with E-state index in [1.54, 1.807) is 0 Å². The first-order chi connectivity index (χ1) is 8.22. The standard InChI is InChI=1S/C14H16N2O/c1-11-6-7-13(12(10-11)4-2-8-15)16-9-3-5-14(16)17/h6-7,10H,3,5,8-9,15H2,1H3. The van der Waals surface area contributed by atoms with E-state index in [0.29, 0.717) is 13.0 Å². The lowest BCUT2D eigenvalue weighted by atomic mass is 10.1. The Kier molecular flexibility index (Phi) is 3.46. The Labute approximate surface area is 102 Å². The molecule has 0 aromatic heterocycles. The van der Waals surface area contributed by atoms with Crippen LogP contribution in [0.2, 0.25) is 0 Å². The molecule has 1 aromatic carbocycles. The summed E-state index contributed by atoms with van der Waals surface area (Å²) in [5.41, 5.74) is 8.34. The number of nitrogens with zero attached hydrogens (tertiary/aromatic N) is 1. The lowest BCUT2D eigenvalue weighted by Crippen LogP contribution is -2.24. The minimum Gasteiger partial charge on any atom is -0.320 e. The van der Waals surface area contributed by atoms with Gasteiger partial charge in [0.15, 0.2) is 0 Å². The van der Waals surface area contributed by atoms with E-state index < -0.39 is 0 Å². The highest BCUT2D eigenvalue weighted by molar-refractivity contribution is 5.96. The number of rotatable bonds is 1. The summed E-state index contributed by atoms with van der Waals surface area (Å²) in [6.45, 7) is 3.14. The van der Waals surface area contributed by atoms with Crippen LogP contribution in [0, 0.1) is 18.8 Å².